The minimum absolute atomic E-state index is 0.0286. The summed E-state index contributed by atoms with van der Waals surface area (Å²) in [5.74, 6) is 0.304. The summed E-state index contributed by atoms with van der Waals surface area (Å²) in [6.45, 7) is 4.51. The van der Waals surface area contributed by atoms with Crippen molar-refractivity contribution in [1.82, 2.24) is 25.4 Å². The van der Waals surface area contributed by atoms with Crippen LogP contribution in [0.4, 0.5) is 0 Å². The van der Waals surface area contributed by atoms with Crippen LogP contribution in [0.2, 0.25) is 0 Å². The summed E-state index contributed by atoms with van der Waals surface area (Å²) in [5.41, 5.74) is 0. The van der Waals surface area contributed by atoms with E-state index in [-0.39, 0.29) is 24.2 Å². The number of H-pyrrole nitrogens is 1. The van der Waals surface area contributed by atoms with Crippen LogP contribution >= 0.6 is 0 Å². The number of nitrogens with zero attached hydrogens (tertiary/aromatic N) is 3. The monoisotopic (exact) mass is 267 g/mol. The molecule has 0 radical (unpaired) electrons. The maximum absolute atomic E-state index is 12.2. The fraction of sp³-hybridized carbons (Fsp3) is 0.667. The highest BCUT2D eigenvalue weighted by molar-refractivity contribution is 5.93. The van der Waals surface area contributed by atoms with Crippen molar-refractivity contribution in [3.8, 4) is 0 Å². The molecule has 1 rings (SSSR count). The van der Waals surface area contributed by atoms with E-state index < -0.39 is 0 Å². The molecule has 0 aliphatic heterocycles. The maximum atomic E-state index is 12.2. The van der Waals surface area contributed by atoms with Crippen LogP contribution in [-0.2, 0) is 11.2 Å². The van der Waals surface area contributed by atoms with Gasteiger partial charge < -0.3 is 10.2 Å². The molecular formula is C12H21N5O2. The van der Waals surface area contributed by atoms with Crippen molar-refractivity contribution in [2.75, 3.05) is 20.1 Å². The Morgan fingerprint density at radius 2 is 2.05 bits per heavy atom. The predicted octanol–water partition coefficient (Wildman–Crippen LogP) is 0.355. The lowest BCUT2D eigenvalue weighted by atomic mass is 10.3. The Morgan fingerprint density at radius 1 is 1.32 bits per heavy atom. The molecule has 0 bridgehead atoms. The fourth-order valence-corrected chi connectivity index (χ4v) is 1.66. The van der Waals surface area contributed by atoms with Crippen molar-refractivity contribution in [3.63, 3.8) is 0 Å². The SMILES string of the molecule is CCCc1nc(C(=O)N(CCC)CC(=O)NC)n[nH]1. The minimum Gasteiger partial charge on any atom is -0.358 e. The first-order valence-corrected chi connectivity index (χ1v) is 6.53. The first-order chi connectivity index (χ1) is 9.12. The van der Waals surface area contributed by atoms with Crippen LogP contribution < -0.4 is 5.32 Å². The third-order valence-electron chi connectivity index (χ3n) is 2.60. The third-order valence-corrected chi connectivity index (χ3v) is 2.60. The Bertz CT molecular complexity index is 430. The second-order valence-electron chi connectivity index (χ2n) is 4.26. The van der Waals surface area contributed by atoms with Crippen molar-refractivity contribution < 1.29 is 9.59 Å². The molecule has 106 valence electrons. The number of aromatic amines is 1. The van der Waals surface area contributed by atoms with E-state index >= 15 is 0 Å². The van der Waals surface area contributed by atoms with E-state index in [9.17, 15) is 9.59 Å². The number of likely N-dealkylation sites (N-methyl/N-ethyl adjacent to an activating group) is 1. The van der Waals surface area contributed by atoms with Gasteiger partial charge >= 0.3 is 0 Å². The molecule has 0 spiro atoms. The summed E-state index contributed by atoms with van der Waals surface area (Å²) in [4.78, 5) is 29.2. The molecule has 0 aromatic carbocycles. The Hall–Kier alpha value is -1.92. The molecule has 2 amide bonds. The number of amides is 2. The topological polar surface area (TPSA) is 91.0 Å². The Labute approximate surface area is 112 Å². The molecule has 1 heterocycles. The highest BCUT2D eigenvalue weighted by atomic mass is 16.2. The quantitative estimate of drug-likeness (QED) is 0.746. The minimum atomic E-state index is -0.316. The molecule has 19 heavy (non-hydrogen) atoms. The molecule has 1 aromatic heterocycles. The molecule has 2 N–H and O–H groups in total. The summed E-state index contributed by atoms with van der Waals surface area (Å²) in [5, 5.41) is 9.16. The normalized spacial score (nSPS) is 10.3. The van der Waals surface area contributed by atoms with Gasteiger partial charge in [0.1, 0.15) is 5.82 Å². The van der Waals surface area contributed by atoms with Gasteiger partial charge in [0.15, 0.2) is 0 Å². The van der Waals surface area contributed by atoms with E-state index in [0.29, 0.717) is 12.4 Å². The standard InChI is InChI=1S/C12H21N5O2/c1-4-6-9-14-11(16-15-9)12(19)17(7-5-2)8-10(18)13-3/h4-8H2,1-3H3,(H,13,18)(H,14,15,16). The molecule has 0 fully saturated rings. The molecular weight excluding hydrogens is 246 g/mol. The Morgan fingerprint density at radius 3 is 2.63 bits per heavy atom. The number of carbonyl (C=O) groups excluding carboxylic acids is 2. The highest BCUT2D eigenvalue weighted by Gasteiger charge is 2.21. The zero-order valence-electron chi connectivity index (χ0n) is 11.7. The van der Waals surface area contributed by atoms with Crippen LogP contribution in [-0.4, -0.2) is 52.0 Å². The van der Waals surface area contributed by atoms with Crippen LogP contribution in [0.15, 0.2) is 0 Å². The summed E-state index contributed by atoms with van der Waals surface area (Å²) in [6.07, 6.45) is 2.46. The average molecular weight is 267 g/mol. The first-order valence-electron chi connectivity index (χ1n) is 6.53. The van der Waals surface area contributed by atoms with Crippen LogP contribution in [0.3, 0.4) is 0 Å². The maximum Gasteiger partial charge on any atom is 0.293 e. The number of aryl methyl sites for hydroxylation is 1. The molecule has 0 unspecified atom stereocenters. The fourth-order valence-electron chi connectivity index (χ4n) is 1.66. The van der Waals surface area contributed by atoms with Crippen LogP contribution in [0, 0.1) is 0 Å². The van der Waals surface area contributed by atoms with Gasteiger partial charge in [0, 0.05) is 20.0 Å². The van der Waals surface area contributed by atoms with E-state index in [1.807, 2.05) is 13.8 Å². The van der Waals surface area contributed by atoms with Crippen molar-refractivity contribution in [1.29, 1.82) is 0 Å². The van der Waals surface area contributed by atoms with Crippen molar-refractivity contribution >= 4 is 11.8 Å². The van der Waals surface area contributed by atoms with Gasteiger partial charge in [-0.25, -0.2) is 4.98 Å². The first kappa shape index (κ1) is 15.1. The number of hydrogen-bond acceptors (Lipinski definition) is 4. The third kappa shape index (κ3) is 4.35. The van der Waals surface area contributed by atoms with Crippen LogP contribution in [0.1, 0.15) is 43.1 Å². The second kappa shape index (κ2) is 7.50. The van der Waals surface area contributed by atoms with Gasteiger partial charge in [-0.1, -0.05) is 13.8 Å². The number of hydrogen-bond donors (Lipinski definition) is 2. The molecule has 7 nitrogen and oxygen atoms in total. The molecule has 0 saturated heterocycles. The van der Waals surface area contributed by atoms with Gasteiger partial charge in [-0.15, -0.1) is 5.10 Å². The molecule has 0 aliphatic rings. The van der Waals surface area contributed by atoms with Crippen LogP contribution in [0.5, 0.6) is 0 Å². The average Bonchev–Trinajstić information content (AvgIpc) is 2.86. The number of nitrogens with one attached hydrogen (secondary N) is 2. The Balaban J connectivity index is 2.76. The summed E-state index contributed by atoms with van der Waals surface area (Å²) in [6, 6.07) is 0. The number of aromatic nitrogens is 3. The summed E-state index contributed by atoms with van der Waals surface area (Å²) < 4.78 is 0. The zero-order chi connectivity index (χ0) is 14.3. The zero-order valence-corrected chi connectivity index (χ0v) is 11.7. The molecule has 0 atom stereocenters. The van der Waals surface area contributed by atoms with Crippen molar-refractivity contribution in [2.24, 2.45) is 0 Å². The molecule has 0 saturated carbocycles. The molecule has 1 aromatic rings. The van der Waals surface area contributed by atoms with E-state index in [2.05, 4.69) is 20.5 Å². The second-order valence-corrected chi connectivity index (χ2v) is 4.26. The van der Waals surface area contributed by atoms with Gasteiger partial charge in [-0.3, -0.25) is 14.7 Å². The van der Waals surface area contributed by atoms with E-state index in [0.717, 1.165) is 19.3 Å². The van der Waals surface area contributed by atoms with Gasteiger partial charge in [-0.2, -0.15) is 0 Å². The van der Waals surface area contributed by atoms with Gasteiger partial charge in [0.05, 0.1) is 6.54 Å². The predicted molar refractivity (Wildman–Crippen MR) is 70.6 cm³/mol. The van der Waals surface area contributed by atoms with Gasteiger partial charge in [0.2, 0.25) is 11.7 Å². The summed E-state index contributed by atoms with van der Waals surface area (Å²) >= 11 is 0. The van der Waals surface area contributed by atoms with Gasteiger partial charge in [-0.05, 0) is 12.8 Å². The summed E-state index contributed by atoms with van der Waals surface area (Å²) in [7, 11) is 1.54. The molecule has 0 aliphatic carbocycles. The van der Waals surface area contributed by atoms with Crippen LogP contribution in [0.25, 0.3) is 0 Å². The highest BCUT2D eigenvalue weighted by Crippen LogP contribution is 2.02. The van der Waals surface area contributed by atoms with E-state index in [1.165, 1.54) is 4.90 Å². The van der Waals surface area contributed by atoms with E-state index in [4.69, 9.17) is 0 Å². The number of rotatable bonds is 7. The van der Waals surface area contributed by atoms with E-state index in [1.54, 1.807) is 7.05 Å². The lowest BCUT2D eigenvalue weighted by Gasteiger charge is -2.19. The largest absolute Gasteiger partial charge is 0.358 e. The van der Waals surface area contributed by atoms with Crippen molar-refractivity contribution in [2.45, 2.75) is 33.1 Å². The lowest BCUT2D eigenvalue weighted by molar-refractivity contribution is -0.121. The Kier molecular flexibility index (Phi) is 5.98. The lowest BCUT2D eigenvalue weighted by Crippen LogP contribution is -2.40. The number of carbonyl (C=O) groups is 2. The van der Waals surface area contributed by atoms with Crippen molar-refractivity contribution in [3.05, 3.63) is 11.6 Å². The molecule has 7 heteroatoms. The smallest absolute Gasteiger partial charge is 0.293 e. The van der Waals surface area contributed by atoms with Gasteiger partial charge in [0.25, 0.3) is 5.91 Å².